The fourth-order valence-electron chi connectivity index (χ4n) is 4.88. The smallest absolute Gasteiger partial charge is 0.231 e. The first-order chi connectivity index (χ1) is 14.4. The van der Waals surface area contributed by atoms with Gasteiger partial charge in [-0.25, -0.2) is 4.39 Å². The summed E-state index contributed by atoms with van der Waals surface area (Å²) in [7, 11) is 3.87. The van der Waals surface area contributed by atoms with Crippen molar-refractivity contribution in [1.29, 1.82) is 0 Å². The molecule has 2 atom stereocenters. The standard InChI is InChI=1S/C24H30FN3O2/c1-27(2)21-15-28(13-12-24(21,30)19-9-4-3-5-10-19)22(29)23(16-26-17-23)14-18-8-6-7-11-20(18)25/h3-11,21,26,30H,12-17H2,1-2H3/t21-,24+/m1/s1. The molecule has 1 amide bonds. The lowest BCUT2D eigenvalue weighted by molar-refractivity contribution is -0.155. The molecule has 2 aromatic carbocycles. The molecule has 2 N–H and O–H groups in total. The Morgan fingerprint density at radius 1 is 1.17 bits per heavy atom. The van der Waals surface area contributed by atoms with Crippen LogP contribution in [0.1, 0.15) is 17.5 Å². The van der Waals surface area contributed by atoms with Gasteiger partial charge in [0, 0.05) is 26.2 Å². The maximum absolute atomic E-state index is 14.3. The zero-order valence-corrected chi connectivity index (χ0v) is 17.6. The van der Waals surface area contributed by atoms with Crippen LogP contribution in [0.5, 0.6) is 0 Å². The first kappa shape index (κ1) is 21.0. The third kappa shape index (κ3) is 3.64. The zero-order valence-electron chi connectivity index (χ0n) is 17.6. The number of likely N-dealkylation sites (N-methyl/N-ethyl adjacent to an activating group) is 1. The molecule has 4 rings (SSSR count). The first-order valence-electron chi connectivity index (χ1n) is 10.5. The Bertz CT molecular complexity index is 900. The predicted octanol–water partition coefficient (Wildman–Crippen LogP) is 2.01. The van der Waals surface area contributed by atoms with E-state index < -0.39 is 11.0 Å². The minimum atomic E-state index is -1.02. The van der Waals surface area contributed by atoms with Gasteiger partial charge in [-0.3, -0.25) is 4.79 Å². The minimum Gasteiger partial charge on any atom is -0.383 e. The molecular weight excluding hydrogens is 381 g/mol. The normalized spacial score (nSPS) is 25.8. The summed E-state index contributed by atoms with van der Waals surface area (Å²) in [5, 5.41) is 14.8. The summed E-state index contributed by atoms with van der Waals surface area (Å²) in [6.45, 7) is 2.02. The van der Waals surface area contributed by atoms with Gasteiger partial charge in [-0.1, -0.05) is 48.5 Å². The minimum absolute atomic E-state index is 0.0477. The van der Waals surface area contributed by atoms with Gasteiger partial charge < -0.3 is 20.2 Å². The molecule has 0 saturated carbocycles. The lowest BCUT2D eigenvalue weighted by atomic mass is 9.73. The van der Waals surface area contributed by atoms with Crippen LogP contribution in [0.3, 0.4) is 0 Å². The van der Waals surface area contributed by atoms with E-state index >= 15 is 0 Å². The predicted molar refractivity (Wildman–Crippen MR) is 114 cm³/mol. The summed E-state index contributed by atoms with van der Waals surface area (Å²) in [6, 6.07) is 16.2. The summed E-state index contributed by atoms with van der Waals surface area (Å²) in [5.74, 6) is -0.216. The SMILES string of the molecule is CN(C)[C@@H]1CN(C(=O)C2(Cc3ccccc3F)CNC2)CC[C@]1(O)c1ccccc1. The van der Waals surface area contributed by atoms with Crippen molar-refractivity contribution in [2.75, 3.05) is 40.3 Å². The molecule has 0 bridgehead atoms. The fourth-order valence-corrected chi connectivity index (χ4v) is 4.88. The second-order valence-corrected chi connectivity index (χ2v) is 8.92. The van der Waals surface area contributed by atoms with Crippen LogP contribution in [0.15, 0.2) is 54.6 Å². The zero-order chi connectivity index (χ0) is 21.4. The van der Waals surface area contributed by atoms with Crippen molar-refractivity contribution in [2.45, 2.75) is 24.5 Å². The average Bonchev–Trinajstić information content (AvgIpc) is 2.72. The lowest BCUT2D eigenvalue weighted by Crippen LogP contribution is -2.67. The molecular formula is C24H30FN3O2. The van der Waals surface area contributed by atoms with E-state index in [9.17, 15) is 14.3 Å². The van der Waals surface area contributed by atoms with Gasteiger partial charge in [0.25, 0.3) is 0 Å². The first-order valence-corrected chi connectivity index (χ1v) is 10.5. The number of likely N-dealkylation sites (tertiary alicyclic amines) is 1. The Morgan fingerprint density at radius 3 is 2.43 bits per heavy atom. The van der Waals surface area contributed by atoms with Crippen molar-refractivity contribution in [3.05, 3.63) is 71.5 Å². The largest absolute Gasteiger partial charge is 0.383 e. The Hall–Kier alpha value is -2.28. The van der Waals surface area contributed by atoms with E-state index in [2.05, 4.69) is 5.32 Å². The highest BCUT2D eigenvalue weighted by molar-refractivity contribution is 5.85. The van der Waals surface area contributed by atoms with Crippen LogP contribution in [0.25, 0.3) is 0 Å². The molecule has 0 unspecified atom stereocenters. The van der Waals surface area contributed by atoms with Gasteiger partial charge in [0.2, 0.25) is 5.91 Å². The van der Waals surface area contributed by atoms with Crippen LogP contribution < -0.4 is 5.32 Å². The van der Waals surface area contributed by atoms with Crippen LogP contribution in [0.4, 0.5) is 4.39 Å². The number of benzene rings is 2. The summed E-state index contributed by atoms with van der Waals surface area (Å²) < 4.78 is 14.3. The maximum Gasteiger partial charge on any atom is 0.231 e. The van der Waals surface area contributed by atoms with Gasteiger partial charge in [-0.05, 0) is 44.1 Å². The Balaban J connectivity index is 1.56. The number of nitrogens with one attached hydrogen (secondary N) is 1. The Morgan fingerprint density at radius 2 is 1.83 bits per heavy atom. The molecule has 2 fully saturated rings. The van der Waals surface area contributed by atoms with Gasteiger partial charge in [0.15, 0.2) is 0 Å². The number of hydrogen-bond donors (Lipinski definition) is 2. The molecule has 0 spiro atoms. The van der Waals surface area contributed by atoms with Crippen molar-refractivity contribution in [1.82, 2.24) is 15.1 Å². The van der Waals surface area contributed by atoms with Crippen LogP contribution in [-0.2, 0) is 16.8 Å². The topological polar surface area (TPSA) is 55.8 Å². The summed E-state index contributed by atoms with van der Waals surface area (Å²) in [6.07, 6.45) is 0.854. The van der Waals surface area contributed by atoms with Crippen molar-refractivity contribution in [2.24, 2.45) is 5.41 Å². The van der Waals surface area contributed by atoms with Gasteiger partial charge in [0.1, 0.15) is 11.4 Å². The van der Waals surface area contributed by atoms with Gasteiger partial charge in [-0.2, -0.15) is 0 Å². The maximum atomic E-state index is 14.3. The van der Waals surface area contributed by atoms with E-state index in [0.29, 0.717) is 44.6 Å². The van der Waals surface area contributed by atoms with E-state index in [1.807, 2.05) is 60.3 Å². The number of hydrogen-bond acceptors (Lipinski definition) is 4. The average molecular weight is 412 g/mol. The summed E-state index contributed by atoms with van der Waals surface area (Å²) in [5.41, 5.74) is -0.184. The van der Waals surface area contributed by atoms with E-state index in [1.54, 1.807) is 12.1 Å². The third-order valence-corrected chi connectivity index (χ3v) is 6.76. The van der Waals surface area contributed by atoms with E-state index in [0.717, 1.165) is 5.56 Å². The van der Waals surface area contributed by atoms with Gasteiger partial charge in [0.05, 0.1) is 11.5 Å². The van der Waals surface area contributed by atoms with E-state index in [4.69, 9.17) is 0 Å². The number of nitrogens with zero attached hydrogens (tertiary/aromatic N) is 2. The van der Waals surface area contributed by atoms with Gasteiger partial charge in [-0.15, -0.1) is 0 Å². The fraction of sp³-hybridized carbons (Fsp3) is 0.458. The number of carbonyl (C=O) groups excluding carboxylic acids is 1. The van der Waals surface area contributed by atoms with Crippen molar-refractivity contribution < 1.29 is 14.3 Å². The molecule has 0 aromatic heterocycles. The van der Waals surface area contributed by atoms with Crippen molar-refractivity contribution in [3.63, 3.8) is 0 Å². The van der Waals surface area contributed by atoms with Crippen LogP contribution in [0.2, 0.25) is 0 Å². The number of piperidine rings is 1. The molecule has 2 aliphatic heterocycles. The molecule has 30 heavy (non-hydrogen) atoms. The summed E-state index contributed by atoms with van der Waals surface area (Å²) in [4.78, 5) is 17.5. The molecule has 2 aliphatic rings. The molecule has 160 valence electrons. The number of halogens is 1. The van der Waals surface area contributed by atoms with Crippen molar-refractivity contribution >= 4 is 5.91 Å². The lowest BCUT2D eigenvalue weighted by Gasteiger charge is -2.51. The molecule has 0 aliphatic carbocycles. The van der Waals surface area contributed by atoms with Crippen LogP contribution >= 0.6 is 0 Å². The highest BCUT2D eigenvalue weighted by atomic mass is 19.1. The third-order valence-electron chi connectivity index (χ3n) is 6.76. The number of rotatable bonds is 5. The summed E-state index contributed by atoms with van der Waals surface area (Å²) >= 11 is 0. The quantitative estimate of drug-likeness (QED) is 0.790. The Kier molecular flexibility index (Phi) is 5.66. The number of amides is 1. The monoisotopic (exact) mass is 411 g/mol. The second-order valence-electron chi connectivity index (χ2n) is 8.92. The Labute approximate surface area is 177 Å². The van der Waals surface area contributed by atoms with E-state index in [1.165, 1.54) is 6.07 Å². The molecule has 5 nitrogen and oxygen atoms in total. The number of aliphatic hydroxyl groups is 1. The van der Waals surface area contributed by atoms with Gasteiger partial charge >= 0.3 is 0 Å². The molecule has 2 aromatic rings. The highest BCUT2D eigenvalue weighted by Crippen LogP contribution is 2.38. The van der Waals surface area contributed by atoms with Crippen molar-refractivity contribution in [3.8, 4) is 0 Å². The second kappa shape index (κ2) is 8.10. The highest BCUT2D eigenvalue weighted by Gasteiger charge is 2.51. The number of carbonyl (C=O) groups is 1. The van der Waals surface area contributed by atoms with E-state index in [-0.39, 0.29) is 17.8 Å². The molecule has 6 heteroatoms. The molecule has 2 heterocycles. The molecule has 2 saturated heterocycles. The van der Waals surface area contributed by atoms with Crippen LogP contribution in [-0.4, -0.2) is 67.1 Å². The molecule has 0 radical (unpaired) electrons. The van der Waals surface area contributed by atoms with Crippen LogP contribution in [0, 0.1) is 11.2 Å².